The number of fused-ring (bicyclic) bond motifs is 4. The minimum Gasteiger partial charge on any atom is -0.353 e. The van der Waals surface area contributed by atoms with E-state index >= 15 is 0 Å². The van der Waals surface area contributed by atoms with E-state index in [4.69, 9.17) is 4.98 Å². The van der Waals surface area contributed by atoms with Crippen molar-refractivity contribution in [3.63, 3.8) is 0 Å². The molecule has 4 fully saturated rings. The Kier molecular flexibility index (Phi) is 4.83. The molecule has 0 spiro atoms. The molecule has 194 valence electrons. The number of benzene rings is 2. The van der Waals surface area contributed by atoms with Crippen molar-refractivity contribution in [2.24, 2.45) is 17.8 Å². The number of nitrogens with zero attached hydrogens (tertiary/aromatic N) is 3. The van der Waals surface area contributed by atoms with Crippen molar-refractivity contribution < 1.29 is 14.0 Å². The van der Waals surface area contributed by atoms with E-state index < -0.39 is 5.82 Å². The summed E-state index contributed by atoms with van der Waals surface area (Å²) >= 11 is 1.37. The highest BCUT2D eigenvalue weighted by molar-refractivity contribution is 7.17. The lowest BCUT2D eigenvalue weighted by Crippen LogP contribution is -2.33. The van der Waals surface area contributed by atoms with Crippen LogP contribution >= 0.6 is 11.3 Å². The Morgan fingerprint density at radius 2 is 1.87 bits per heavy atom. The number of thiophene rings is 1. The number of aromatic nitrogens is 1. The number of carbonyl (C=O) groups excluding carboxylic acids is 2. The van der Waals surface area contributed by atoms with E-state index in [1.54, 1.807) is 25.1 Å². The Morgan fingerprint density at radius 3 is 2.67 bits per heavy atom. The summed E-state index contributed by atoms with van der Waals surface area (Å²) in [5, 5.41) is 2.75. The van der Waals surface area contributed by atoms with Gasteiger partial charge in [-0.15, -0.1) is 11.3 Å². The van der Waals surface area contributed by atoms with E-state index in [1.807, 2.05) is 47.4 Å². The topological polar surface area (TPSA) is 65.5 Å². The molecular weight excluding hydrogens is 511 g/mol. The lowest BCUT2D eigenvalue weighted by atomic mass is 10.1. The standard InChI is InChI=1S/C31H25FN4O2S/c1-16-6-4-8-20(32)27(16)34-30(37)23-14-17-12-13-35(22-10-3-2-7-18(22)29(17)39-23)31(38)21-9-5-11-24(33-21)36-15-19-25-26(19)28(25)36/h2-11,14,19,25-26,28H,12-13,15H2,1H3,(H,34,37)/t19-,25?,26?,28-. The summed E-state index contributed by atoms with van der Waals surface area (Å²) < 4.78 is 14.3. The minimum absolute atomic E-state index is 0.119. The van der Waals surface area contributed by atoms with Gasteiger partial charge in [0.15, 0.2) is 0 Å². The second-order valence-corrected chi connectivity index (χ2v) is 12.0. The van der Waals surface area contributed by atoms with Crippen molar-refractivity contribution >= 4 is 40.3 Å². The second-order valence-electron chi connectivity index (χ2n) is 10.9. The van der Waals surface area contributed by atoms with E-state index in [0.29, 0.717) is 35.1 Å². The maximum atomic E-state index is 14.3. The lowest BCUT2D eigenvalue weighted by molar-refractivity contribution is 0.0981. The van der Waals surface area contributed by atoms with Crippen molar-refractivity contribution in [1.82, 2.24) is 4.98 Å². The Labute approximate surface area is 229 Å². The third-order valence-corrected chi connectivity index (χ3v) is 9.95. The fraction of sp³-hybridized carbons (Fsp3) is 0.258. The van der Waals surface area contributed by atoms with Gasteiger partial charge in [-0.3, -0.25) is 9.59 Å². The van der Waals surface area contributed by atoms with Gasteiger partial charge in [-0.25, -0.2) is 9.37 Å². The number of carbonyl (C=O) groups is 2. The maximum Gasteiger partial charge on any atom is 0.276 e. The SMILES string of the molecule is Cc1cccc(F)c1NC(=O)c1cc2c(s1)-c1ccccc1N(C(=O)c1cccc(N3C[C@H]4C5C4[C@H]53)n1)CC2. The average molecular weight is 537 g/mol. The smallest absolute Gasteiger partial charge is 0.276 e. The number of pyridine rings is 1. The molecule has 2 aromatic heterocycles. The van der Waals surface area contributed by atoms with Crippen LogP contribution in [0.1, 0.15) is 31.3 Å². The fourth-order valence-electron chi connectivity index (χ4n) is 6.61. The summed E-state index contributed by atoms with van der Waals surface area (Å²) in [6, 6.07) is 20.8. The summed E-state index contributed by atoms with van der Waals surface area (Å²) in [7, 11) is 0. The minimum atomic E-state index is -0.457. The summed E-state index contributed by atoms with van der Waals surface area (Å²) in [6.07, 6.45) is 0.594. The predicted molar refractivity (Wildman–Crippen MR) is 150 cm³/mol. The molecule has 2 amide bonds. The van der Waals surface area contributed by atoms with Crippen LogP contribution in [0.2, 0.25) is 0 Å². The zero-order valence-electron chi connectivity index (χ0n) is 21.2. The molecule has 2 bridgehead atoms. The summed E-state index contributed by atoms with van der Waals surface area (Å²) in [6.45, 7) is 3.30. The molecule has 1 N–H and O–H groups in total. The van der Waals surface area contributed by atoms with E-state index in [2.05, 4.69) is 10.2 Å². The summed E-state index contributed by atoms with van der Waals surface area (Å²) in [5.74, 6) is 2.56. The lowest BCUT2D eigenvalue weighted by Gasteiger charge is -2.23. The monoisotopic (exact) mass is 536 g/mol. The van der Waals surface area contributed by atoms with Gasteiger partial charge < -0.3 is 15.1 Å². The Hall–Kier alpha value is -4.04. The van der Waals surface area contributed by atoms with Crippen LogP contribution in [0.3, 0.4) is 0 Å². The molecule has 39 heavy (non-hydrogen) atoms. The molecule has 5 heterocycles. The van der Waals surface area contributed by atoms with Gasteiger partial charge in [0.25, 0.3) is 11.8 Å². The molecule has 5 aliphatic rings. The van der Waals surface area contributed by atoms with Crippen molar-refractivity contribution in [2.45, 2.75) is 19.4 Å². The van der Waals surface area contributed by atoms with Gasteiger partial charge in [-0.2, -0.15) is 0 Å². The fourth-order valence-corrected chi connectivity index (χ4v) is 7.75. The molecule has 2 unspecified atom stereocenters. The molecule has 2 saturated carbocycles. The number of piperidine rings is 1. The first-order valence-corrected chi connectivity index (χ1v) is 14.2. The first-order valence-electron chi connectivity index (χ1n) is 13.3. The number of anilines is 3. The van der Waals surface area contributed by atoms with Gasteiger partial charge in [-0.1, -0.05) is 36.4 Å². The molecule has 6 nitrogen and oxygen atoms in total. The molecule has 2 saturated heterocycles. The van der Waals surface area contributed by atoms with Crippen molar-refractivity contribution in [3.8, 4) is 10.4 Å². The van der Waals surface area contributed by atoms with Crippen molar-refractivity contribution in [3.05, 3.63) is 94.2 Å². The molecule has 2 aromatic carbocycles. The zero-order valence-corrected chi connectivity index (χ0v) is 22.0. The Balaban J connectivity index is 1.09. The van der Waals surface area contributed by atoms with E-state index in [1.165, 1.54) is 17.4 Å². The van der Waals surface area contributed by atoms with E-state index in [0.717, 1.165) is 51.8 Å². The molecule has 0 radical (unpaired) electrons. The van der Waals surface area contributed by atoms with Crippen LogP contribution in [0.15, 0.2) is 66.7 Å². The van der Waals surface area contributed by atoms with Crippen LogP contribution in [-0.2, 0) is 6.42 Å². The van der Waals surface area contributed by atoms with Crippen LogP contribution in [0, 0.1) is 30.5 Å². The molecule has 3 aliphatic heterocycles. The van der Waals surface area contributed by atoms with Crippen LogP contribution < -0.4 is 15.1 Å². The number of nitrogens with one attached hydrogen (secondary N) is 1. The highest BCUT2D eigenvalue weighted by Gasteiger charge is 2.80. The molecular formula is C31H25FN4O2S. The number of para-hydroxylation sites is 2. The Bertz CT molecular complexity index is 1660. The maximum absolute atomic E-state index is 14.3. The number of rotatable bonds is 4. The van der Waals surface area contributed by atoms with E-state index in [9.17, 15) is 14.0 Å². The van der Waals surface area contributed by atoms with Gasteiger partial charge in [0.05, 0.1) is 16.3 Å². The third kappa shape index (κ3) is 3.47. The summed E-state index contributed by atoms with van der Waals surface area (Å²) in [4.78, 5) is 37.4. The molecule has 4 aromatic rings. The predicted octanol–water partition coefficient (Wildman–Crippen LogP) is 5.78. The van der Waals surface area contributed by atoms with Crippen molar-refractivity contribution in [1.29, 1.82) is 0 Å². The van der Waals surface area contributed by atoms with E-state index in [-0.39, 0.29) is 17.5 Å². The van der Waals surface area contributed by atoms with Crippen molar-refractivity contribution in [2.75, 3.05) is 28.2 Å². The second kappa shape index (κ2) is 8.23. The average Bonchev–Trinajstić information content (AvgIpc) is 3.67. The zero-order chi connectivity index (χ0) is 26.4. The van der Waals surface area contributed by atoms with Crippen LogP contribution in [0.25, 0.3) is 10.4 Å². The normalized spacial score (nSPS) is 23.4. The largest absolute Gasteiger partial charge is 0.353 e. The summed E-state index contributed by atoms with van der Waals surface area (Å²) in [5.41, 5.74) is 4.03. The quantitative estimate of drug-likeness (QED) is 0.359. The number of hydrogen-bond acceptors (Lipinski definition) is 5. The molecule has 9 rings (SSSR count). The molecule has 2 aliphatic carbocycles. The van der Waals surface area contributed by atoms with Gasteiger partial charge in [0.2, 0.25) is 0 Å². The number of aryl methyl sites for hydroxylation is 1. The third-order valence-electron chi connectivity index (χ3n) is 8.74. The first kappa shape index (κ1) is 22.9. The highest BCUT2D eigenvalue weighted by Crippen LogP contribution is 2.75. The molecule has 2 atom stereocenters. The Morgan fingerprint density at radius 1 is 1.05 bits per heavy atom. The van der Waals surface area contributed by atoms with Gasteiger partial charge in [0, 0.05) is 29.6 Å². The molecule has 8 heteroatoms. The van der Waals surface area contributed by atoms with Gasteiger partial charge in [-0.05, 0) is 72.6 Å². The van der Waals surface area contributed by atoms with Gasteiger partial charge >= 0.3 is 0 Å². The highest BCUT2D eigenvalue weighted by atomic mass is 32.1. The van der Waals surface area contributed by atoms with Crippen LogP contribution in [-0.4, -0.2) is 35.9 Å². The van der Waals surface area contributed by atoms with Crippen LogP contribution in [0.5, 0.6) is 0 Å². The first-order chi connectivity index (χ1) is 19.0. The number of amides is 2. The number of hydrogen-bond donors (Lipinski definition) is 1. The van der Waals surface area contributed by atoms with Gasteiger partial charge in [0.1, 0.15) is 17.3 Å². The number of halogens is 1. The van der Waals surface area contributed by atoms with Crippen LogP contribution in [0.4, 0.5) is 21.6 Å².